The highest BCUT2D eigenvalue weighted by Gasteiger charge is 2.27. The number of rotatable bonds is 5. The summed E-state index contributed by atoms with van der Waals surface area (Å²) in [6.45, 7) is 0.243. The van der Waals surface area contributed by atoms with E-state index in [4.69, 9.17) is 5.73 Å². The van der Waals surface area contributed by atoms with Crippen LogP contribution in [0.5, 0.6) is 5.75 Å². The summed E-state index contributed by atoms with van der Waals surface area (Å²) in [7, 11) is 0. The SMILES string of the molecule is CC(N)CC(=O)N1CCN(C(=O)c2ccccc2OC(F)F)CC1. The minimum atomic E-state index is -2.99. The quantitative estimate of drug-likeness (QED) is 0.876. The summed E-state index contributed by atoms with van der Waals surface area (Å²) in [5.41, 5.74) is 5.71. The van der Waals surface area contributed by atoms with Crippen molar-refractivity contribution in [1.29, 1.82) is 0 Å². The first-order valence-electron chi connectivity index (χ1n) is 7.75. The second kappa shape index (κ2) is 8.05. The fourth-order valence-electron chi connectivity index (χ4n) is 2.58. The van der Waals surface area contributed by atoms with Crippen LogP contribution in [-0.2, 0) is 4.79 Å². The van der Waals surface area contributed by atoms with Gasteiger partial charge in [-0.2, -0.15) is 8.78 Å². The Morgan fingerprint density at radius 3 is 2.33 bits per heavy atom. The van der Waals surface area contributed by atoms with Gasteiger partial charge in [0.05, 0.1) is 5.56 Å². The molecule has 1 aliphatic rings. The molecule has 0 bridgehead atoms. The van der Waals surface area contributed by atoms with Crippen LogP contribution in [0.3, 0.4) is 0 Å². The Morgan fingerprint density at radius 2 is 1.75 bits per heavy atom. The molecule has 0 saturated carbocycles. The van der Waals surface area contributed by atoms with Crippen molar-refractivity contribution < 1.29 is 23.1 Å². The van der Waals surface area contributed by atoms with Crippen LogP contribution >= 0.6 is 0 Å². The van der Waals surface area contributed by atoms with Gasteiger partial charge in [0, 0.05) is 38.6 Å². The first-order valence-corrected chi connectivity index (χ1v) is 7.75. The molecule has 1 aliphatic heterocycles. The molecule has 8 heteroatoms. The predicted octanol–water partition coefficient (Wildman–Crippen LogP) is 1.31. The van der Waals surface area contributed by atoms with E-state index in [2.05, 4.69) is 4.74 Å². The van der Waals surface area contributed by atoms with Crippen LogP contribution in [0.2, 0.25) is 0 Å². The van der Waals surface area contributed by atoms with Crippen molar-refractivity contribution in [2.75, 3.05) is 26.2 Å². The van der Waals surface area contributed by atoms with E-state index >= 15 is 0 Å². The third-order valence-corrected chi connectivity index (χ3v) is 3.75. The fourth-order valence-corrected chi connectivity index (χ4v) is 2.58. The molecule has 24 heavy (non-hydrogen) atoms. The second-order valence-electron chi connectivity index (χ2n) is 5.73. The molecule has 2 rings (SSSR count). The maximum atomic E-state index is 12.5. The summed E-state index contributed by atoms with van der Waals surface area (Å²) in [5.74, 6) is -0.572. The lowest BCUT2D eigenvalue weighted by atomic mass is 10.1. The zero-order chi connectivity index (χ0) is 17.7. The molecule has 1 aromatic rings. The first kappa shape index (κ1) is 18.1. The Kier molecular flexibility index (Phi) is 6.08. The van der Waals surface area contributed by atoms with Gasteiger partial charge in [-0.3, -0.25) is 9.59 Å². The van der Waals surface area contributed by atoms with E-state index in [9.17, 15) is 18.4 Å². The normalized spacial score (nSPS) is 16.2. The molecule has 1 aromatic carbocycles. The zero-order valence-corrected chi connectivity index (χ0v) is 13.5. The van der Waals surface area contributed by atoms with E-state index in [-0.39, 0.29) is 35.6 Å². The summed E-state index contributed by atoms with van der Waals surface area (Å²) in [5, 5.41) is 0. The Bertz CT molecular complexity index is 588. The highest BCUT2D eigenvalue weighted by Crippen LogP contribution is 2.22. The number of hydrogen-bond acceptors (Lipinski definition) is 4. The molecule has 2 amide bonds. The molecule has 0 radical (unpaired) electrons. The van der Waals surface area contributed by atoms with Gasteiger partial charge in [-0.25, -0.2) is 0 Å². The number of alkyl halides is 2. The molecular formula is C16H21F2N3O3. The van der Waals surface area contributed by atoms with E-state index in [1.165, 1.54) is 23.1 Å². The maximum absolute atomic E-state index is 12.5. The number of nitrogens with two attached hydrogens (primary N) is 1. The lowest BCUT2D eigenvalue weighted by molar-refractivity contribution is -0.132. The number of carbonyl (C=O) groups is 2. The molecule has 1 saturated heterocycles. The van der Waals surface area contributed by atoms with Crippen molar-refractivity contribution in [1.82, 2.24) is 9.80 Å². The number of piperazine rings is 1. The van der Waals surface area contributed by atoms with E-state index in [1.54, 1.807) is 17.9 Å². The zero-order valence-electron chi connectivity index (χ0n) is 13.5. The molecule has 2 N–H and O–H groups in total. The average Bonchev–Trinajstić information content (AvgIpc) is 2.53. The van der Waals surface area contributed by atoms with Crippen LogP contribution in [0.1, 0.15) is 23.7 Å². The lowest BCUT2D eigenvalue weighted by Crippen LogP contribution is -2.51. The van der Waals surface area contributed by atoms with Crippen molar-refractivity contribution in [3.63, 3.8) is 0 Å². The van der Waals surface area contributed by atoms with Gasteiger partial charge in [-0.1, -0.05) is 12.1 Å². The molecule has 6 nitrogen and oxygen atoms in total. The van der Waals surface area contributed by atoms with Crippen LogP contribution in [0, 0.1) is 0 Å². The summed E-state index contributed by atoms with van der Waals surface area (Å²) in [6.07, 6.45) is 0.263. The van der Waals surface area contributed by atoms with Gasteiger partial charge in [0.1, 0.15) is 5.75 Å². The summed E-state index contributed by atoms with van der Waals surface area (Å²) < 4.78 is 29.3. The van der Waals surface area contributed by atoms with E-state index in [0.29, 0.717) is 26.2 Å². The largest absolute Gasteiger partial charge is 0.434 e. The Labute approximate surface area is 139 Å². The fraction of sp³-hybridized carbons (Fsp3) is 0.500. The Morgan fingerprint density at radius 1 is 1.17 bits per heavy atom. The van der Waals surface area contributed by atoms with Gasteiger partial charge in [-0.15, -0.1) is 0 Å². The topological polar surface area (TPSA) is 75.9 Å². The van der Waals surface area contributed by atoms with Crippen LogP contribution in [0.25, 0.3) is 0 Å². The minimum Gasteiger partial charge on any atom is -0.434 e. The summed E-state index contributed by atoms with van der Waals surface area (Å²) in [4.78, 5) is 27.7. The molecule has 132 valence electrons. The molecule has 1 fully saturated rings. The van der Waals surface area contributed by atoms with Crippen molar-refractivity contribution >= 4 is 11.8 Å². The lowest BCUT2D eigenvalue weighted by Gasteiger charge is -2.35. The van der Waals surface area contributed by atoms with Crippen LogP contribution in [-0.4, -0.2) is 60.4 Å². The van der Waals surface area contributed by atoms with Crippen molar-refractivity contribution in [2.45, 2.75) is 26.0 Å². The van der Waals surface area contributed by atoms with Crippen molar-refractivity contribution in [3.8, 4) is 5.75 Å². The third-order valence-electron chi connectivity index (χ3n) is 3.75. The monoisotopic (exact) mass is 341 g/mol. The minimum absolute atomic E-state index is 0.0430. The highest BCUT2D eigenvalue weighted by atomic mass is 19.3. The van der Waals surface area contributed by atoms with E-state index < -0.39 is 6.61 Å². The van der Waals surface area contributed by atoms with Crippen molar-refractivity contribution in [3.05, 3.63) is 29.8 Å². The van der Waals surface area contributed by atoms with Gasteiger partial charge in [-0.05, 0) is 19.1 Å². The third kappa shape index (κ3) is 4.64. The molecule has 0 aromatic heterocycles. The number of amides is 2. The number of nitrogens with zero attached hydrogens (tertiary/aromatic N) is 2. The van der Waals surface area contributed by atoms with Gasteiger partial charge in [0.15, 0.2) is 0 Å². The molecule has 0 spiro atoms. The summed E-state index contributed by atoms with van der Waals surface area (Å²) in [6, 6.07) is 5.69. The number of carbonyl (C=O) groups excluding carboxylic acids is 2. The maximum Gasteiger partial charge on any atom is 0.387 e. The van der Waals surface area contributed by atoms with Crippen LogP contribution in [0.15, 0.2) is 24.3 Å². The van der Waals surface area contributed by atoms with Crippen LogP contribution in [0.4, 0.5) is 8.78 Å². The second-order valence-corrected chi connectivity index (χ2v) is 5.73. The van der Waals surface area contributed by atoms with Gasteiger partial charge in [0.2, 0.25) is 5.91 Å². The van der Waals surface area contributed by atoms with Gasteiger partial charge < -0.3 is 20.3 Å². The van der Waals surface area contributed by atoms with Crippen LogP contribution < -0.4 is 10.5 Å². The van der Waals surface area contributed by atoms with Gasteiger partial charge >= 0.3 is 6.61 Å². The smallest absolute Gasteiger partial charge is 0.387 e. The molecule has 1 heterocycles. The van der Waals surface area contributed by atoms with E-state index in [0.717, 1.165) is 0 Å². The number of ether oxygens (including phenoxy) is 1. The standard InChI is InChI=1S/C16H21F2N3O3/c1-11(19)10-14(22)20-6-8-21(9-7-20)15(23)12-4-2-3-5-13(12)24-16(17)18/h2-5,11,16H,6-10,19H2,1H3. The molecule has 1 unspecified atom stereocenters. The number of para-hydroxylation sites is 1. The summed E-state index contributed by atoms with van der Waals surface area (Å²) >= 11 is 0. The van der Waals surface area contributed by atoms with E-state index in [1.807, 2.05) is 0 Å². The molecule has 0 aliphatic carbocycles. The predicted molar refractivity (Wildman–Crippen MR) is 83.8 cm³/mol. The number of halogens is 2. The molecular weight excluding hydrogens is 320 g/mol. The van der Waals surface area contributed by atoms with Crippen molar-refractivity contribution in [2.24, 2.45) is 5.73 Å². The Hall–Kier alpha value is -2.22. The molecule has 1 atom stereocenters. The van der Waals surface area contributed by atoms with Gasteiger partial charge in [0.25, 0.3) is 5.91 Å². The first-order chi connectivity index (χ1) is 11.4. The average molecular weight is 341 g/mol. The Balaban J connectivity index is 1.99. The number of benzene rings is 1. The number of hydrogen-bond donors (Lipinski definition) is 1. The highest BCUT2D eigenvalue weighted by molar-refractivity contribution is 5.97.